The molecule has 150 valence electrons. The number of hydrogen-bond donors (Lipinski definition) is 1. The van der Waals surface area contributed by atoms with Gasteiger partial charge in [0.25, 0.3) is 5.91 Å². The summed E-state index contributed by atoms with van der Waals surface area (Å²) in [7, 11) is 3.18. The van der Waals surface area contributed by atoms with Gasteiger partial charge in [-0.25, -0.2) is 0 Å². The number of hydrogen-bond acceptors (Lipinski definition) is 4. The second kappa shape index (κ2) is 10.3. The number of rotatable bonds is 9. The summed E-state index contributed by atoms with van der Waals surface area (Å²) in [4.78, 5) is 26.8. The molecule has 0 unspecified atom stereocenters. The Morgan fingerprint density at radius 3 is 2.18 bits per heavy atom. The molecule has 0 aromatic heterocycles. The fourth-order valence-corrected chi connectivity index (χ4v) is 2.88. The van der Waals surface area contributed by atoms with Crippen LogP contribution in [0, 0.1) is 6.92 Å². The Hall–Kier alpha value is -3.02. The highest BCUT2D eigenvalue weighted by atomic mass is 16.5. The van der Waals surface area contributed by atoms with Gasteiger partial charge in [-0.2, -0.15) is 0 Å². The van der Waals surface area contributed by atoms with Crippen molar-refractivity contribution < 1.29 is 19.1 Å². The van der Waals surface area contributed by atoms with Gasteiger partial charge in [0.15, 0.2) is 6.61 Å². The maximum atomic E-state index is 12.9. The van der Waals surface area contributed by atoms with Gasteiger partial charge in [-0.1, -0.05) is 36.8 Å². The predicted octanol–water partition coefficient (Wildman–Crippen LogP) is 2.94. The number of carbonyl (C=O) groups is 2. The van der Waals surface area contributed by atoms with Gasteiger partial charge in [-0.15, -0.1) is 0 Å². The fraction of sp³-hybridized carbons (Fsp3) is 0.364. The first-order chi connectivity index (χ1) is 13.5. The van der Waals surface area contributed by atoms with Crippen LogP contribution in [-0.4, -0.2) is 43.5 Å². The molecule has 0 aliphatic rings. The van der Waals surface area contributed by atoms with E-state index >= 15 is 0 Å². The van der Waals surface area contributed by atoms with E-state index in [0.717, 1.165) is 16.9 Å². The van der Waals surface area contributed by atoms with E-state index in [9.17, 15) is 9.59 Å². The van der Waals surface area contributed by atoms with Crippen molar-refractivity contribution in [3.63, 3.8) is 0 Å². The maximum absolute atomic E-state index is 12.9. The Bertz CT molecular complexity index is 772. The summed E-state index contributed by atoms with van der Waals surface area (Å²) >= 11 is 0. The highest BCUT2D eigenvalue weighted by Crippen LogP contribution is 2.17. The number of methoxy groups -OCH3 is 1. The molecule has 6 heteroatoms. The first-order valence-electron chi connectivity index (χ1n) is 9.32. The molecule has 1 N–H and O–H groups in total. The lowest BCUT2D eigenvalue weighted by atomic mass is 10.1. The minimum atomic E-state index is -0.568. The molecule has 0 radical (unpaired) electrons. The summed E-state index contributed by atoms with van der Waals surface area (Å²) in [5.74, 6) is 0.922. The molecule has 0 heterocycles. The third kappa shape index (κ3) is 5.74. The molecule has 0 aliphatic heterocycles. The molecule has 6 nitrogen and oxygen atoms in total. The minimum absolute atomic E-state index is 0.132. The molecule has 0 spiro atoms. The average molecular weight is 384 g/mol. The molecule has 0 saturated carbocycles. The number of aryl methyl sites for hydroxylation is 1. The van der Waals surface area contributed by atoms with Crippen LogP contribution in [0.1, 0.15) is 24.5 Å². The van der Waals surface area contributed by atoms with Crippen LogP contribution in [0.4, 0.5) is 0 Å². The molecular weight excluding hydrogens is 356 g/mol. The van der Waals surface area contributed by atoms with Crippen LogP contribution in [0.3, 0.4) is 0 Å². The van der Waals surface area contributed by atoms with Gasteiger partial charge in [0, 0.05) is 13.6 Å². The first kappa shape index (κ1) is 21.3. The monoisotopic (exact) mass is 384 g/mol. The zero-order chi connectivity index (χ0) is 20.5. The van der Waals surface area contributed by atoms with Crippen molar-refractivity contribution in [1.82, 2.24) is 10.2 Å². The van der Waals surface area contributed by atoms with Gasteiger partial charge in [-0.3, -0.25) is 9.59 Å². The summed E-state index contributed by atoms with van der Waals surface area (Å²) in [5.41, 5.74) is 2.03. The number of benzene rings is 2. The molecule has 0 fully saturated rings. The van der Waals surface area contributed by atoms with E-state index in [4.69, 9.17) is 9.47 Å². The molecule has 2 amide bonds. The fourth-order valence-electron chi connectivity index (χ4n) is 2.88. The Morgan fingerprint density at radius 2 is 1.64 bits per heavy atom. The van der Waals surface area contributed by atoms with E-state index in [1.54, 1.807) is 19.1 Å². The summed E-state index contributed by atoms with van der Waals surface area (Å²) < 4.78 is 10.8. The van der Waals surface area contributed by atoms with Crippen LogP contribution in [0.2, 0.25) is 0 Å². The van der Waals surface area contributed by atoms with E-state index in [1.807, 2.05) is 62.4 Å². The Kier molecular flexibility index (Phi) is 7.87. The van der Waals surface area contributed by atoms with Gasteiger partial charge in [0.2, 0.25) is 5.91 Å². The first-order valence-corrected chi connectivity index (χ1v) is 9.32. The van der Waals surface area contributed by atoms with Crippen molar-refractivity contribution >= 4 is 11.8 Å². The number of likely N-dealkylation sites (N-methyl/N-ethyl adjacent to an activating group) is 1. The summed E-state index contributed by atoms with van der Waals surface area (Å²) in [6, 6.07) is 14.4. The highest BCUT2D eigenvalue weighted by molar-refractivity contribution is 5.88. The van der Waals surface area contributed by atoms with Crippen molar-refractivity contribution in [2.24, 2.45) is 0 Å². The van der Waals surface area contributed by atoms with Crippen LogP contribution in [0.25, 0.3) is 0 Å². The lowest BCUT2D eigenvalue weighted by Crippen LogP contribution is -2.49. The van der Waals surface area contributed by atoms with Gasteiger partial charge in [0.1, 0.15) is 17.5 Å². The molecule has 0 bridgehead atoms. The van der Waals surface area contributed by atoms with Gasteiger partial charge in [0.05, 0.1) is 7.11 Å². The number of nitrogens with zero attached hydrogens (tertiary/aromatic N) is 1. The van der Waals surface area contributed by atoms with E-state index < -0.39 is 6.04 Å². The second-order valence-electron chi connectivity index (χ2n) is 6.51. The van der Waals surface area contributed by atoms with Crippen LogP contribution in [-0.2, 0) is 16.1 Å². The summed E-state index contributed by atoms with van der Waals surface area (Å²) in [6.07, 6.45) is 0.506. The largest absolute Gasteiger partial charge is 0.497 e. The standard InChI is InChI=1S/C22H28N2O4/c1-5-20(22(26)23-3)24(14-17-8-12-18(27-4)13-9-17)21(25)15-28-19-10-6-16(2)7-11-19/h6-13,20H,5,14-15H2,1-4H3,(H,23,26)/t20-/m0/s1. The van der Waals surface area contributed by atoms with E-state index in [2.05, 4.69) is 5.32 Å². The van der Waals surface area contributed by atoms with E-state index in [0.29, 0.717) is 18.7 Å². The van der Waals surface area contributed by atoms with Crippen LogP contribution in [0.15, 0.2) is 48.5 Å². The normalized spacial score (nSPS) is 11.4. The zero-order valence-corrected chi connectivity index (χ0v) is 16.9. The molecule has 2 rings (SSSR count). The minimum Gasteiger partial charge on any atom is -0.497 e. The van der Waals surface area contributed by atoms with Crippen LogP contribution < -0.4 is 14.8 Å². The molecular formula is C22H28N2O4. The smallest absolute Gasteiger partial charge is 0.261 e. The lowest BCUT2D eigenvalue weighted by molar-refractivity contribution is -0.142. The molecule has 0 saturated heterocycles. The highest BCUT2D eigenvalue weighted by Gasteiger charge is 2.28. The molecule has 2 aromatic rings. The van der Waals surface area contributed by atoms with Crippen LogP contribution in [0.5, 0.6) is 11.5 Å². The third-order valence-electron chi connectivity index (χ3n) is 4.53. The Morgan fingerprint density at radius 1 is 1.04 bits per heavy atom. The van der Waals surface area contributed by atoms with Gasteiger partial charge < -0.3 is 19.7 Å². The van der Waals surface area contributed by atoms with Gasteiger partial charge >= 0.3 is 0 Å². The average Bonchev–Trinajstić information content (AvgIpc) is 2.73. The molecule has 2 aromatic carbocycles. The van der Waals surface area contributed by atoms with Gasteiger partial charge in [-0.05, 0) is 43.2 Å². The molecule has 1 atom stereocenters. The maximum Gasteiger partial charge on any atom is 0.261 e. The number of carbonyl (C=O) groups excluding carboxylic acids is 2. The quantitative estimate of drug-likeness (QED) is 0.722. The summed E-state index contributed by atoms with van der Waals surface area (Å²) in [6.45, 7) is 4.05. The number of nitrogens with one attached hydrogen (secondary N) is 1. The van der Waals surface area contributed by atoms with Crippen molar-refractivity contribution in [2.45, 2.75) is 32.9 Å². The van der Waals surface area contributed by atoms with Crippen molar-refractivity contribution in [1.29, 1.82) is 0 Å². The van der Waals surface area contributed by atoms with E-state index in [-0.39, 0.29) is 18.4 Å². The molecule has 0 aliphatic carbocycles. The predicted molar refractivity (Wildman–Crippen MR) is 108 cm³/mol. The number of amides is 2. The summed E-state index contributed by atoms with van der Waals surface area (Å²) in [5, 5.41) is 2.64. The number of ether oxygens (including phenoxy) is 2. The second-order valence-corrected chi connectivity index (χ2v) is 6.51. The van der Waals surface area contributed by atoms with Crippen molar-refractivity contribution in [3.05, 3.63) is 59.7 Å². The lowest BCUT2D eigenvalue weighted by Gasteiger charge is -2.30. The third-order valence-corrected chi connectivity index (χ3v) is 4.53. The van der Waals surface area contributed by atoms with Crippen molar-refractivity contribution in [3.8, 4) is 11.5 Å². The van der Waals surface area contributed by atoms with Crippen molar-refractivity contribution in [2.75, 3.05) is 20.8 Å². The van der Waals surface area contributed by atoms with Crippen LogP contribution >= 0.6 is 0 Å². The van der Waals surface area contributed by atoms with E-state index in [1.165, 1.54) is 0 Å². The SMILES string of the molecule is CC[C@@H](C(=O)NC)N(Cc1ccc(OC)cc1)C(=O)COc1ccc(C)cc1. The molecule has 28 heavy (non-hydrogen) atoms. The topological polar surface area (TPSA) is 67.9 Å². The Balaban J connectivity index is 2.16. The zero-order valence-electron chi connectivity index (χ0n) is 16.9. The Labute approximate surface area is 166 Å².